The van der Waals surface area contributed by atoms with Crippen molar-refractivity contribution >= 4 is 28.3 Å². The molecule has 136 valence electrons. The lowest BCUT2D eigenvalue weighted by atomic mass is 9.97. The van der Waals surface area contributed by atoms with Gasteiger partial charge in [0.1, 0.15) is 10.6 Å². The number of methoxy groups -OCH3 is 1. The number of hydrogen-bond acceptors (Lipinski definition) is 5. The minimum absolute atomic E-state index is 0. The number of nitrogens with one attached hydrogen (secondary N) is 2. The third-order valence-electron chi connectivity index (χ3n) is 4.31. The third kappa shape index (κ3) is 4.18. The van der Waals surface area contributed by atoms with Crippen LogP contribution in [0.3, 0.4) is 0 Å². The third-order valence-corrected chi connectivity index (χ3v) is 5.75. The first-order chi connectivity index (χ1) is 10.9. The number of ether oxygens (including phenoxy) is 1. The summed E-state index contributed by atoms with van der Waals surface area (Å²) in [6.45, 7) is 0.372. The van der Waals surface area contributed by atoms with Gasteiger partial charge in [-0.3, -0.25) is 4.79 Å². The van der Waals surface area contributed by atoms with E-state index in [0.29, 0.717) is 6.54 Å². The quantitative estimate of drug-likeness (QED) is 0.685. The van der Waals surface area contributed by atoms with Crippen LogP contribution in [-0.4, -0.2) is 40.6 Å². The van der Waals surface area contributed by atoms with Gasteiger partial charge in [-0.1, -0.05) is 12.8 Å². The summed E-state index contributed by atoms with van der Waals surface area (Å²) in [6.07, 6.45) is 3.74. The summed E-state index contributed by atoms with van der Waals surface area (Å²) < 4.78 is 31.5. The van der Waals surface area contributed by atoms with Crippen LogP contribution in [0.4, 0.5) is 0 Å². The van der Waals surface area contributed by atoms with E-state index < -0.39 is 10.0 Å². The van der Waals surface area contributed by atoms with Crippen molar-refractivity contribution < 1.29 is 17.9 Å². The lowest BCUT2D eigenvalue weighted by molar-refractivity contribution is 0.0903. The number of amides is 1. The van der Waals surface area contributed by atoms with E-state index >= 15 is 0 Å². The molecule has 1 saturated carbocycles. The SMILES string of the molecule is CNS(=O)(=O)c1cc(C(=O)NC2(CN)CCCC2)ccc1OC.Cl. The van der Waals surface area contributed by atoms with Gasteiger partial charge >= 0.3 is 0 Å². The first-order valence-electron chi connectivity index (χ1n) is 7.52. The van der Waals surface area contributed by atoms with Crippen LogP contribution in [0.15, 0.2) is 23.1 Å². The molecule has 4 N–H and O–H groups in total. The molecule has 1 fully saturated rings. The van der Waals surface area contributed by atoms with Crippen molar-refractivity contribution in [3.63, 3.8) is 0 Å². The lowest BCUT2D eigenvalue weighted by Crippen LogP contribution is -2.51. The van der Waals surface area contributed by atoms with Gasteiger partial charge in [-0.2, -0.15) is 0 Å². The Balaban J connectivity index is 0.00000288. The maximum absolute atomic E-state index is 12.5. The Morgan fingerprint density at radius 2 is 1.96 bits per heavy atom. The number of rotatable bonds is 6. The summed E-state index contributed by atoms with van der Waals surface area (Å²) in [7, 11) is -1.04. The molecule has 9 heteroatoms. The number of hydrogen-bond donors (Lipinski definition) is 3. The molecule has 7 nitrogen and oxygen atoms in total. The molecule has 0 aliphatic heterocycles. The van der Waals surface area contributed by atoms with Crippen molar-refractivity contribution in [2.45, 2.75) is 36.1 Å². The molecule has 1 aliphatic carbocycles. The van der Waals surface area contributed by atoms with Crippen molar-refractivity contribution in [3.05, 3.63) is 23.8 Å². The van der Waals surface area contributed by atoms with Crippen LogP contribution < -0.4 is 20.5 Å². The zero-order valence-corrected chi connectivity index (χ0v) is 15.4. The summed E-state index contributed by atoms with van der Waals surface area (Å²) in [5, 5.41) is 2.97. The molecule has 0 atom stereocenters. The highest BCUT2D eigenvalue weighted by Gasteiger charge is 2.34. The highest BCUT2D eigenvalue weighted by atomic mass is 35.5. The van der Waals surface area contributed by atoms with Crippen LogP contribution in [0, 0.1) is 0 Å². The Bertz CT molecular complexity index is 688. The van der Waals surface area contributed by atoms with Gasteiger partial charge in [-0.05, 0) is 38.1 Å². The van der Waals surface area contributed by atoms with Crippen molar-refractivity contribution in [3.8, 4) is 5.75 Å². The smallest absolute Gasteiger partial charge is 0.251 e. The van der Waals surface area contributed by atoms with Crippen molar-refractivity contribution in [2.24, 2.45) is 5.73 Å². The van der Waals surface area contributed by atoms with Crippen LogP contribution in [0.1, 0.15) is 36.0 Å². The average Bonchev–Trinajstić information content (AvgIpc) is 3.03. The predicted molar refractivity (Wildman–Crippen MR) is 94.2 cm³/mol. The molecule has 24 heavy (non-hydrogen) atoms. The van der Waals surface area contributed by atoms with Crippen molar-refractivity contribution in [1.82, 2.24) is 10.0 Å². The van der Waals surface area contributed by atoms with E-state index in [1.165, 1.54) is 26.3 Å². The fraction of sp³-hybridized carbons (Fsp3) is 0.533. The summed E-state index contributed by atoms with van der Waals surface area (Å²) in [6, 6.07) is 4.34. The highest BCUT2D eigenvalue weighted by molar-refractivity contribution is 7.89. The van der Waals surface area contributed by atoms with Gasteiger partial charge in [0.2, 0.25) is 10.0 Å². The first kappa shape index (κ1) is 20.7. The Hall–Kier alpha value is -1.35. The lowest BCUT2D eigenvalue weighted by Gasteiger charge is -2.28. The first-order valence-corrected chi connectivity index (χ1v) is 9.00. The van der Waals surface area contributed by atoms with Crippen molar-refractivity contribution in [2.75, 3.05) is 20.7 Å². The maximum atomic E-state index is 12.5. The Kier molecular flexibility index (Phi) is 7.03. The standard InChI is InChI=1S/C15H23N3O4S.ClH/c1-17-23(20,21)13-9-11(5-6-12(13)22-2)14(19)18-15(10-16)7-3-4-8-15;/h5-6,9,17H,3-4,7-8,10,16H2,1-2H3,(H,18,19);1H. The Morgan fingerprint density at radius 1 is 1.33 bits per heavy atom. The molecular formula is C15H24ClN3O4S. The number of sulfonamides is 1. The zero-order chi connectivity index (χ0) is 17.1. The summed E-state index contributed by atoms with van der Waals surface area (Å²) in [5.74, 6) is -0.141. The molecule has 2 rings (SSSR count). The maximum Gasteiger partial charge on any atom is 0.251 e. The number of carbonyl (C=O) groups is 1. The van der Waals surface area contributed by atoms with Gasteiger partial charge in [0.25, 0.3) is 5.91 Å². The topological polar surface area (TPSA) is 111 Å². The fourth-order valence-electron chi connectivity index (χ4n) is 2.88. The minimum atomic E-state index is -3.72. The van der Waals surface area contributed by atoms with E-state index in [1.807, 2.05) is 0 Å². The fourth-order valence-corrected chi connectivity index (χ4v) is 3.80. The van der Waals surface area contributed by atoms with Crippen LogP contribution in [0.5, 0.6) is 5.75 Å². The summed E-state index contributed by atoms with van der Waals surface area (Å²) >= 11 is 0. The summed E-state index contributed by atoms with van der Waals surface area (Å²) in [4.78, 5) is 12.4. The van der Waals surface area contributed by atoms with Crippen LogP contribution >= 0.6 is 12.4 Å². The molecular weight excluding hydrogens is 354 g/mol. The molecule has 0 bridgehead atoms. The second-order valence-electron chi connectivity index (χ2n) is 5.72. The number of halogens is 1. The molecule has 0 saturated heterocycles. The van der Waals surface area contributed by atoms with Crippen molar-refractivity contribution in [1.29, 1.82) is 0 Å². The van der Waals surface area contributed by atoms with Gasteiger partial charge < -0.3 is 15.8 Å². The van der Waals surface area contributed by atoms with Gasteiger partial charge in [-0.15, -0.1) is 12.4 Å². The number of carbonyl (C=O) groups excluding carboxylic acids is 1. The molecule has 0 radical (unpaired) electrons. The van der Waals surface area contributed by atoms with E-state index in [2.05, 4.69) is 10.0 Å². The average molecular weight is 378 g/mol. The van der Waals surface area contributed by atoms with Crippen LogP contribution in [-0.2, 0) is 10.0 Å². The number of nitrogens with two attached hydrogens (primary N) is 1. The highest BCUT2D eigenvalue weighted by Crippen LogP contribution is 2.30. The Morgan fingerprint density at radius 3 is 2.46 bits per heavy atom. The molecule has 0 spiro atoms. The van der Waals surface area contributed by atoms with E-state index in [1.54, 1.807) is 6.07 Å². The van der Waals surface area contributed by atoms with E-state index in [-0.39, 0.29) is 40.1 Å². The number of benzene rings is 1. The molecule has 0 unspecified atom stereocenters. The monoisotopic (exact) mass is 377 g/mol. The van der Waals surface area contributed by atoms with E-state index in [4.69, 9.17) is 10.5 Å². The molecule has 1 aliphatic rings. The molecule has 1 aromatic rings. The van der Waals surface area contributed by atoms with Gasteiger partial charge in [0.15, 0.2) is 0 Å². The normalized spacial score (nSPS) is 16.3. The minimum Gasteiger partial charge on any atom is -0.495 e. The molecule has 0 aromatic heterocycles. The second-order valence-corrected chi connectivity index (χ2v) is 7.57. The second kappa shape index (κ2) is 8.15. The van der Waals surface area contributed by atoms with E-state index in [9.17, 15) is 13.2 Å². The predicted octanol–water partition coefficient (Wildman–Crippen LogP) is 1.03. The molecule has 0 heterocycles. The van der Waals surface area contributed by atoms with Crippen LogP contribution in [0.2, 0.25) is 0 Å². The van der Waals surface area contributed by atoms with Gasteiger partial charge in [0, 0.05) is 12.1 Å². The molecule has 1 amide bonds. The molecule has 1 aromatic carbocycles. The van der Waals surface area contributed by atoms with Gasteiger partial charge in [0.05, 0.1) is 12.6 Å². The largest absolute Gasteiger partial charge is 0.495 e. The van der Waals surface area contributed by atoms with Gasteiger partial charge in [-0.25, -0.2) is 13.1 Å². The van der Waals surface area contributed by atoms with Crippen LogP contribution in [0.25, 0.3) is 0 Å². The summed E-state index contributed by atoms with van der Waals surface area (Å²) in [5.41, 5.74) is 5.69. The van der Waals surface area contributed by atoms with E-state index in [0.717, 1.165) is 25.7 Å². The zero-order valence-electron chi connectivity index (χ0n) is 13.8. The Labute approximate surface area is 148 Å².